The molecule has 1 fully saturated rings. The maximum absolute atomic E-state index is 11.7. The molecule has 0 bridgehead atoms. The monoisotopic (exact) mass is 376 g/mol. The van der Waals surface area contributed by atoms with Gasteiger partial charge in [-0.05, 0) is 35.9 Å². The van der Waals surface area contributed by atoms with Crippen molar-refractivity contribution in [2.24, 2.45) is 5.92 Å². The van der Waals surface area contributed by atoms with Gasteiger partial charge in [-0.1, -0.05) is 6.07 Å². The third-order valence-electron chi connectivity index (χ3n) is 4.78. The Morgan fingerprint density at radius 2 is 2.14 bits per heavy atom. The van der Waals surface area contributed by atoms with Gasteiger partial charge in [0.1, 0.15) is 11.4 Å². The van der Waals surface area contributed by atoms with Crippen molar-refractivity contribution in [3.8, 4) is 16.9 Å². The van der Waals surface area contributed by atoms with Gasteiger partial charge in [0.25, 0.3) is 5.91 Å². The molecule has 3 heterocycles. The molecule has 1 aliphatic rings. The van der Waals surface area contributed by atoms with Gasteiger partial charge in [0.2, 0.25) is 5.91 Å². The number of carbonyl (C=O) groups is 2. The molecule has 2 N–H and O–H groups in total. The van der Waals surface area contributed by atoms with Crippen LogP contribution in [0.25, 0.3) is 22.0 Å². The summed E-state index contributed by atoms with van der Waals surface area (Å²) >= 11 is 0. The van der Waals surface area contributed by atoms with Gasteiger partial charge in [-0.15, -0.1) is 0 Å². The maximum atomic E-state index is 11.7. The molecule has 1 unspecified atom stereocenters. The highest BCUT2D eigenvalue weighted by Gasteiger charge is 2.22. The van der Waals surface area contributed by atoms with Crippen molar-refractivity contribution in [1.29, 1.82) is 0 Å². The van der Waals surface area contributed by atoms with E-state index in [2.05, 4.69) is 20.6 Å². The summed E-state index contributed by atoms with van der Waals surface area (Å²) in [6.45, 7) is 1.10. The Labute approximate surface area is 162 Å². The van der Waals surface area contributed by atoms with Crippen molar-refractivity contribution in [1.82, 2.24) is 20.6 Å². The van der Waals surface area contributed by atoms with E-state index in [1.165, 1.54) is 0 Å². The van der Waals surface area contributed by atoms with Crippen molar-refractivity contribution >= 4 is 22.7 Å². The standard InChI is InChI=1S/C21H20N4O3/c1-22-21(27)17-5-4-14(11-24-17)15-8-18-16(3-2-6-23-18)19(9-15)28-12-13-7-20(26)25-10-13/h2-6,8-9,11,13H,7,10,12H2,1H3,(H,22,27)(H,25,26). The third-order valence-corrected chi connectivity index (χ3v) is 4.78. The third kappa shape index (κ3) is 3.64. The number of benzene rings is 1. The van der Waals surface area contributed by atoms with E-state index in [0.717, 1.165) is 27.8 Å². The Morgan fingerprint density at radius 3 is 2.86 bits per heavy atom. The van der Waals surface area contributed by atoms with Gasteiger partial charge < -0.3 is 15.4 Å². The molecule has 0 spiro atoms. The molecule has 7 heteroatoms. The van der Waals surface area contributed by atoms with Crippen molar-refractivity contribution in [2.45, 2.75) is 6.42 Å². The molecule has 1 saturated heterocycles. The molecule has 142 valence electrons. The lowest BCUT2D eigenvalue weighted by Gasteiger charge is -2.14. The number of nitrogens with one attached hydrogen (secondary N) is 2. The smallest absolute Gasteiger partial charge is 0.269 e. The van der Waals surface area contributed by atoms with Crippen LogP contribution in [0.4, 0.5) is 0 Å². The minimum absolute atomic E-state index is 0.0659. The van der Waals surface area contributed by atoms with E-state index in [0.29, 0.717) is 25.3 Å². The molecule has 7 nitrogen and oxygen atoms in total. The molecular weight excluding hydrogens is 356 g/mol. The number of hydrogen-bond donors (Lipinski definition) is 2. The second kappa shape index (κ2) is 7.64. The average molecular weight is 376 g/mol. The van der Waals surface area contributed by atoms with Gasteiger partial charge in [-0.3, -0.25) is 19.6 Å². The topological polar surface area (TPSA) is 93.2 Å². The number of fused-ring (bicyclic) bond motifs is 1. The number of ether oxygens (including phenoxy) is 1. The minimum Gasteiger partial charge on any atom is -0.492 e. The van der Waals surface area contributed by atoms with E-state index in [9.17, 15) is 9.59 Å². The number of hydrogen-bond acceptors (Lipinski definition) is 5. The average Bonchev–Trinajstić information content (AvgIpc) is 3.16. The molecule has 0 saturated carbocycles. The zero-order valence-corrected chi connectivity index (χ0v) is 15.4. The lowest BCUT2D eigenvalue weighted by Crippen LogP contribution is -2.18. The first-order valence-electron chi connectivity index (χ1n) is 9.11. The lowest BCUT2D eigenvalue weighted by molar-refractivity contribution is -0.119. The summed E-state index contributed by atoms with van der Waals surface area (Å²) in [7, 11) is 1.57. The SMILES string of the molecule is CNC(=O)c1ccc(-c2cc(OCC3CNC(=O)C3)c3cccnc3c2)cn1. The van der Waals surface area contributed by atoms with Gasteiger partial charge in [0, 0.05) is 49.3 Å². The molecule has 28 heavy (non-hydrogen) atoms. The normalized spacial score (nSPS) is 16.0. The summed E-state index contributed by atoms with van der Waals surface area (Å²) in [5, 5.41) is 6.30. The van der Waals surface area contributed by atoms with Gasteiger partial charge in [0.05, 0.1) is 12.1 Å². The first-order chi connectivity index (χ1) is 13.6. The largest absolute Gasteiger partial charge is 0.492 e. The zero-order chi connectivity index (χ0) is 19.5. The lowest BCUT2D eigenvalue weighted by atomic mass is 10.0. The van der Waals surface area contributed by atoms with Crippen LogP contribution in [-0.4, -0.2) is 42.0 Å². The fraction of sp³-hybridized carbons (Fsp3) is 0.238. The molecule has 1 atom stereocenters. The first kappa shape index (κ1) is 17.9. The molecule has 2 amide bonds. The van der Waals surface area contributed by atoms with E-state index in [4.69, 9.17) is 4.74 Å². The van der Waals surface area contributed by atoms with Crippen molar-refractivity contribution < 1.29 is 14.3 Å². The summed E-state index contributed by atoms with van der Waals surface area (Å²) in [6, 6.07) is 11.3. The van der Waals surface area contributed by atoms with Crippen LogP contribution in [0.15, 0.2) is 48.8 Å². The molecule has 4 rings (SSSR count). The Bertz CT molecular complexity index is 1030. The Hall–Kier alpha value is -3.48. The molecular formula is C21H20N4O3. The Balaban J connectivity index is 1.65. The number of nitrogens with zero attached hydrogens (tertiary/aromatic N) is 2. The molecule has 2 aromatic heterocycles. The van der Waals surface area contributed by atoms with Crippen LogP contribution in [0.2, 0.25) is 0 Å². The summed E-state index contributed by atoms with van der Waals surface area (Å²) < 4.78 is 6.08. The van der Waals surface area contributed by atoms with Gasteiger partial charge in [-0.25, -0.2) is 0 Å². The summed E-state index contributed by atoms with van der Waals surface area (Å²) in [5.41, 5.74) is 2.94. The van der Waals surface area contributed by atoms with Gasteiger partial charge >= 0.3 is 0 Å². The summed E-state index contributed by atoms with van der Waals surface area (Å²) in [6.07, 6.45) is 3.89. The van der Waals surface area contributed by atoms with E-state index in [-0.39, 0.29) is 17.7 Å². The van der Waals surface area contributed by atoms with Crippen LogP contribution in [0.3, 0.4) is 0 Å². The van der Waals surface area contributed by atoms with Gasteiger partial charge in [-0.2, -0.15) is 0 Å². The Kier molecular flexibility index (Phi) is 4.89. The summed E-state index contributed by atoms with van der Waals surface area (Å²) in [5.74, 6) is 0.721. The molecule has 3 aromatic rings. The number of pyridine rings is 2. The number of rotatable bonds is 5. The van der Waals surface area contributed by atoms with Crippen LogP contribution in [0.5, 0.6) is 5.75 Å². The van der Waals surface area contributed by atoms with Crippen molar-refractivity contribution in [3.63, 3.8) is 0 Å². The predicted molar refractivity (Wildman–Crippen MR) is 105 cm³/mol. The highest BCUT2D eigenvalue weighted by molar-refractivity contribution is 5.93. The number of carbonyl (C=O) groups excluding carboxylic acids is 2. The van der Waals surface area contributed by atoms with Crippen LogP contribution in [0, 0.1) is 5.92 Å². The van der Waals surface area contributed by atoms with Crippen molar-refractivity contribution in [2.75, 3.05) is 20.2 Å². The highest BCUT2D eigenvalue weighted by atomic mass is 16.5. The Morgan fingerprint density at radius 1 is 1.25 bits per heavy atom. The van der Waals surface area contributed by atoms with Crippen LogP contribution < -0.4 is 15.4 Å². The van der Waals surface area contributed by atoms with Crippen LogP contribution in [-0.2, 0) is 4.79 Å². The molecule has 1 aliphatic heterocycles. The quantitative estimate of drug-likeness (QED) is 0.712. The number of aromatic nitrogens is 2. The minimum atomic E-state index is -0.226. The highest BCUT2D eigenvalue weighted by Crippen LogP contribution is 2.32. The van der Waals surface area contributed by atoms with Crippen molar-refractivity contribution in [3.05, 3.63) is 54.5 Å². The summed E-state index contributed by atoms with van der Waals surface area (Å²) in [4.78, 5) is 31.8. The van der Waals surface area contributed by atoms with E-state index in [1.807, 2.05) is 30.3 Å². The first-order valence-corrected chi connectivity index (χ1v) is 9.11. The second-order valence-corrected chi connectivity index (χ2v) is 6.74. The fourth-order valence-corrected chi connectivity index (χ4v) is 3.25. The molecule has 1 aromatic carbocycles. The van der Waals surface area contributed by atoms with Crippen LogP contribution >= 0.6 is 0 Å². The predicted octanol–water partition coefficient (Wildman–Crippen LogP) is 2.17. The fourth-order valence-electron chi connectivity index (χ4n) is 3.25. The van der Waals surface area contributed by atoms with E-state index in [1.54, 1.807) is 25.5 Å². The van der Waals surface area contributed by atoms with E-state index >= 15 is 0 Å². The van der Waals surface area contributed by atoms with E-state index < -0.39 is 0 Å². The number of amides is 2. The molecule has 0 aliphatic carbocycles. The second-order valence-electron chi connectivity index (χ2n) is 6.74. The van der Waals surface area contributed by atoms with Crippen LogP contribution in [0.1, 0.15) is 16.9 Å². The zero-order valence-electron chi connectivity index (χ0n) is 15.4. The van der Waals surface area contributed by atoms with Gasteiger partial charge in [0.15, 0.2) is 0 Å². The molecule has 0 radical (unpaired) electrons. The maximum Gasteiger partial charge on any atom is 0.269 e.